The maximum Gasteiger partial charge on any atom is 0.174 e. The maximum absolute atomic E-state index is 8.96. The molecule has 4 heteroatoms. The number of hydrogen-bond acceptors (Lipinski definition) is 3. The summed E-state index contributed by atoms with van der Waals surface area (Å²) in [5, 5.41) is 8.96. The summed E-state index contributed by atoms with van der Waals surface area (Å²) >= 11 is 2.18. The number of ether oxygens (including phenoxy) is 2. The number of aliphatic hydroxyl groups excluding tert-OH is 1. The molecule has 0 radical (unpaired) electrons. The highest BCUT2D eigenvalue weighted by molar-refractivity contribution is 14.1. The van der Waals surface area contributed by atoms with E-state index in [9.17, 15) is 0 Å². The van der Waals surface area contributed by atoms with Crippen molar-refractivity contribution in [3.05, 3.63) is 21.3 Å². The lowest BCUT2D eigenvalue weighted by atomic mass is 10.2. The minimum absolute atomic E-state index is 0.0344. The molecule has 0 aromatic heterocycles. The van der Waals surface area contributed by atoms with E-state index in [1.807, 2.05) is 12.1 Å². The molecule has 0 atom stereocenters. The zero-order valence-electron chi connectivity index (χ0n) is 6.92. The van der Waals surface area contributed by atoms with Crippen LogP contribution in [-0.4, -0.2) is 18.3 Å². The van der Waals surface area contributed by atoms with Gasteiger partial charge in [-0.05, 0) is 40.3 Å². The molecule has 1 aromatic rings. The van der Waals surface area contributed by atoms with Gasteiger partial charge in [-0.3, -0.25) is 0 Å². The van der Waals surface area contributed by atoms with Crippen molar-refractivity contribution in [1.82, 2.24) is 0 Å². The van der Waals surface area contributed by atoms with E-state index in [0.717, 1.165) is 20.6 Å². The molecule has 0 unspecified atom stereocenters. The van der Waals surface area contributed by atoms with Gasteiger partial charge >= 0.3 is 0 Å². The molecule has 1 aliphatic heterocycles. The van der Waals surface area contributed by atoms with Gasteiger partial charge in [0.15, 0.2) is 11.5 Å². The quantitative estimate of drug-likeness (QED) is 0.798. The molecule has 0 bridgehead atoms. The van der Waals surface area contributed by atoms with E-state index in [0.29, 0.717) is 13.2 Å². The molecule has 3 nitrogen and oxygen atoms in total. The standard InChI is InChI=1S/C9H9IO3/c10-7-3-6(5-11)4-8-9(7)13-2-1-12-8/h3-4,11H,1-2,5H2. The van der Waals surface area contributed by atoms with Gasteiger partial charge in [0, 0.05) is 0 Å². The van der Waals surface area contributed by atoms with Crippen LogP contribution in [0.25, 0.3) is 0 Å². The molecule has 0 amide bonds. The molecule has 0 fully saturated rings. The Balaban J connectivity index is 2.47. The molecule has 1 heterocycles. The number of rotatable bonds is 1. The molecule has 0 saturated carbocycles. The summed E-state index contributed by atoms with van der Waals surface area (Å²) in [5.41, 5.74) is 0.855. The van der Waals surface area contributed by atoms with Gasteiger partial charge in [-0.1, -0.05) is 0 Å². The smallest absolute Gasteiger partial charge is 0.174 e. The molecule has 70 valence electrons. The van der Waals surface area contributed by atoms with Crippen molar-refractivity contribution in [3.63, 3.8) is 0 Å². The molecule has 1 aliphatic rings. The Morgan fingerprint density at radius 1 is 1.31 bits per heavy atom. The Bertz CT molecular complexity index is 325. The van der Waals surface area contributed by atoms with Crippen LogP contribution in [0.4, 0.5) is 0 Å². The first-order chi connectivity index (χ1) is 6.31. The molecule has 1 N–H and O–H groups in total. The summed E-state index contributed by atoms with van der Waals surface area (Å²) in [6.45, 7) is 1.21. The van der Waals surface area contributed by atoms with Crippen LogP contribution in [0.3, 0.4) is 0 Å². The first kappa shape index (κ1) is 9.08. The summed E-state index contributed by atoms with van der Waals surface area (Å²) in [4.78, 5) is 0. The van der Waals surface area contributed by atoms with Crippen LogP contribution in [0.15, 0.2) is 12.1 Å². The van der Waals surface area contributed by atoms with Gasteiger partial charge in [0.05, 0.1) is 10.2 Å². The lowest BCUT2D eigenvalue weighted by Crippen LogP contribution is -2.16. The Kier molecular flexibility index (Phi) is 2.59. The lowest BCUT2D eigenvalue weighted by molar-refractivity contribution is 0.169. The average Bonchev–Trinajstić information content (AvgIpc) is 2.18. The van der Waals surface area contributed by atoms with Gasteiger partial charge in [-0.25, -0.2) is 0 Å². The Morgan fingerprint density at radius 2 is 2.08 bits per heavy atom. The predicted molar refractivity (Wildman–Crippen MR) is 56.1 cm³/mol. The van der Waals surface area contributed by atoms with Gasteiger partial charge < -0.3 is 14.6 Å². The third kappa shape index (κ3) is 1.73. The minimum Gasteiger partial charge on any atom is -0.486 e. The highest BCUT2D eigenvalue weighted by Crippen LogP contribution is 2.35. The molecular weight excluding hydrogens is 283 g/mol. The third-order valence-electron chi connectivity index (χ3n) is 1.84. The van der Waals surface area contributed by atoms with Crippen LogP contribution in [0.1, 0.15) is 5.56 Å². The van der Waals surface area contributed by atoms with Gasteiger partial charge in [0.25, 0.3) is 0 Å². The monoisotopic (exact) mass is 292 g/mol. The molecule has 0 spiro atoms. The van der Waals surface area contributed by atoms with E-state index in [1.54, 1.807) is 0 Å². The summed E-state index contributed by atoms with van der Waals surface area (Å²) in [5.74, 6) is 1.53. The van der Waals surface area contributed by atoms with Crippen LogP contribution < -0.4 is 9.47 Å². The SMILES string of the molecule is OCc1cc(I)c2c(c1)OCCO2. The molecule has 0 saturated heterocycles. The maximum atomic E-state index is 8.96. The summed E-state index contributed by atoms with van der Waals surface area (Å²) in [7, 11) is 0. The van der Waals surface area contributed by atoms with Crippen LogP contribution in [0, 0.1) is 3.57 Å². The van der Waals surface area contributed by atoms with Gasteiger partial charge in [0.1, 0.15) is 13.2 Å². The first-order valence-corrected chi connectivity index (χ1v) is 5.08. The van der Waals surface area contributed by atoms with Crippen molar-refractivity contribution in [2.45, 2.75) is 6.61 Å². The van der Waals surface area contributed by atoms with Crippen molar-refractivity contribution in [1.29, 1.82) is 0 Å². The van der Waals surface area contributed by atoms with E-state index < -0.39 is 0 Å². The predicted octanol–water partition coefficient (Wildman–Crippen LogP) is 1.55. The minimum atomic E-state index is 0.0344. The number of aliphatic hydroxyl groups is 1. The summed E-state index contributed by atoms with van der Waals surface area (Å²) in [6.07, 6.45) is 0. The average molecular weight is 292 g/mol. The van der Waals surface area contributed by atoms with E-state index in [1.165, 1.54) is 0 Å². The van der Waals surface area contributed by atoms with Crippen molar-refractivity contribution in [2.75, 3.05) is 13.2 Å². The van der Waals surface area contributed by atoms with Crippen molar-refractivity contribution < 1.29 is 14.6 Å². The summed E-state index contributed by atoms with van der Waals surface area (Å²) < 4.78 is 11.8. The first-order valence-electron chi connectivity index (χ1n) is 4.00. The molecular formula is C9H9IO3. The second-order valence-electron chi connectivity index (χ2n) is 2.76. The van der Waals surface area contributed by atoms with E-state index in [4.69, 9.17) is 14.6 Å². The van der Waals surface area contributed by atoms with Gasteiger partial charge in [-0.2, -0.15) is 0 Å². The number of benzene rings is 1. The van der Waals surface area contributed by atoms with Crippen molar-refractivity contribution in [3.8, 4) is 11.5 Å². The fraction of sp³-hybridized carbons (Fsp3) is 0.333. The van der Waals surface area contributed by atoms with E-state index in [2.05, 4.69) is 22.6 Å². The third-order valence-corrected chi connectivity index (χ3v) is 2.64. The topological polar surface area (TPSA) is 38.7 Å². The second kappa shape index (κ2) is 3.71. The van der Waals surface area contributed by atoms with Crippen molar-refractivity contribution >= 4 is 22.6 Å². The molecule has 13 heavy (non-hydrogen) atoms. The number of fused-ring (bicyclic) bond motifs is 1. The fourth-order valence-corrected chi connectivity index (χ4v) is 2.08. The Labute approximate surface area is 89.8 Å². The van der Waals surface area contributed by atoms with Crippen LogP contribution in [-0.2, 0) is 6.61 Å². The van der Waals surface area contributed by atoms with Gasteiger partial charge in [0.2, 0.25) is 0 Å². The molecule has 0 aliphatic carbocycles. The number of halogens is 1. The zero-order chi connectivity index (χ0) is 9.26. The Morgan fingerprint density at radius 3 is 2.85 bits per heavy atom. The zero-order valence-corrected chi connectivity index (χ0v) is 9.08. The van der Waals surface area contributed by atoms with E-state index >= 15 is 0 Å². The number of hydrogen-bond donors (Lipinski definition) is 1. The van der Waals surface area contributed by atoms with Crippen LogP contribution in [0.5, 0.6) is 11.5 Å². The highest BCUT2D eigenvalue weighted by atomic mass is 127. The normalized spacial score (nSPS) is 14.3. The largest absolute Gasteiger partial charge is 0.486 e. The van der Waals surface area contributed by atoms with Crippen LogP contribution in [0.2, 0.25) is 0 Å². The molecule has 2 rings (SSSR count). The Hall–Kier alpha value is -0.490. The molecule has 1 aromatic carbocycles. The highest BCUT2D eigenvalue weighted by Gasteiger charge is 2.15. The van der Waals surface area contributed by atoms with E-state index in [-0.39, 0.29) is 6.61 Å². The second-order valence-corrected chi connectivity index (χ2v) is 3.92. The van der Waals surface area contributed by atoms with Crippen LogP contribution >= 0.6 is 22.6 Å². The van der Waals surface area contributed by atoms with Gasteiger partial charge in [-0.15, -0.1) is 0 Å². The summed E-state index contributed by atoms with van der Waals surface area (Å²) in [6, 6.07) is 3.71. The lowest BCUT2D eigenvalue weighted by Gasteiger charge is -2.20. The fourth-order valence-electron chi connectivity index (χ4n) is 1.26. The van der Waals surface area contributed by atoms with Crippen molar-refractivity contribution in [2.24, 2.45) is 0 Å².